The first kappa shape index (κ1) is 48.9. The van der Waals surface area contributed by atoms with Gasteiger partial charge >= 0.3 is 11.9 Å². The molecular weight excluding hydrogens is 809 g/mol. The van der Waals surface area contributed by atoms with Gasteiger partial charge in [-0.2, -0.15) is 0 Å². The number of carboxylic acid groups (broad SMARTS) is 1. The number of imide groups is 1. The van der Waals surface area contributed by atoms with Gasteiger partial charge in [0.15, 0.2) is 0 Å². The molecule has 0 aromatic heterocycles. The Morgan fingerprint density at radius 2 is 1.79 bits per heavy atom. The van der Waals surface area contributed by atoms with E-state index in [9.17, 15) is 39.0 Å². The van der Waals surface area contributed by atoms with E-state index < -0.39 is 40.7 Å². The number of aryl methyl sites for hydroxylation is 1. The highest BCUT2D eigenvalue weighted by molar-refractivity contribution is 8.00. The van der Waals surface area contributed by atoms with Crippen molar-refractivity contribution in [2.24, 2.45) is 29.1 Å². The summed E-state index contributed by atoms with van der Waals surface area (Å²) < 4.78 is 12.9. The summed E-state index contributed by atoms with van der Waals surface area (Å²) in [6, 6.07) is 5.96. The van der Waals surface area contributed by atoms with E-state index in [0.717, 1.165) is 61.2 Å². The summed E-state index contributed by atoms with van der Waals surface area (Å²) in [7, 11) is 0. The standard InChI is InChI=1S/C49H68N2O10S/c1-6-7-16-31(2)37(52)24-23-35-38(29-39-44(35)36-21-14-17-32(45(36)60-39)18-15-22-43(55)56)61-48(59)34-20-11-10-19-33(34)46(57)50-26-12-8-9-13-28-62-40-30-42(54)51(47(40)58)27-25-41(53)49(3,4)5/h14,17,21,23-24,31,33-35,37-40,44,52H,8-13,15-16,18-20,22,25-30H2,1-5H3,(H,50,57)(H,55,56)/b24-23+/t31-,33?,34?,35-,37+,38+,39-,40?,44-/m0/s1. The number of hydrogen-bond acceptors (Lipinski definition) is 10. The highest BCUT2D eigenvalue weighted by atomic mass is 32.2. The molecule has 0 bridgehead atoms. The number of nitrogens with one attached hydrogen (secondary N) is 1. The highest BCUT2D eigenvalue weighted by Crippen LogP contribution is 2.53. The summed E-state index contributed by atoms with van der Waals surface area (Å²) >= 11 is 1.50. The second-order valence-corrected chi connectivity index (χ2v) is 19.9. The smallest absolute Gasteiger partial charge is 0.310 e. The average Bonchev–Trinajstić information content (AvgIpc) is 3.86. The molecule has 3 fully saturated rings. The molecule has 3 N–H and O–H groups in total. The van der Waals surface area contributed by atoms with Crippen molar-refractivity contribution in [2.75, 3.05) is 18.8 Å². The van der Waals surface area contributed by atoms with Crippen LogP contribution in [-0.4, -0.2) is 93.0 Å². The third-order valence-electron chi connectivity index (χ3n) is 13.0. The Labute approximate surface area is 372 Å². The monoisotopic (exact) mass is 876 g/mol. The molecule has 9 atom stereocenters. The van der Waals surface area contributed by atoms with Gasteiger partial charge in [0, 0.05) is 68.0 Å². The third kappa shape index (κ3) is 13.0. The number of para-hydroxylation sites is 1. The van der Waals surface area contributed by atoms with Crippen LogP contribution in [0.5, 0.6) is 5.75 Å². The van der Waals surface area contributed by atoms with E-state index in [4.69, 9.17) is 9.47 Å². The van der Waals surface area contributed by atoms with Gasteiger partial charge in [0.2, 0.25) is 17.7 Å². The fourth-order valence-corrected chi connectivity index (χ4v) is 10.4. The predicted octanol–water partition coefficient (Wildman–Crippen LogP) is 7.19. The van der Waals surface area contributed by atoms with Crippen molar-refractivity contribution in [1.29, 1.82) is 0 Å². The first-order chi connectivity index (χ1) is 29.6. The van der Waals surface area contributed by atoms with E-state index in [0.29, 0.717) is 45.1 Å². The van der Waals surface area contributed by atoms with Crippen LogP contribution in [0.2, 0.25) is 0 Å². The zero-order valence-corrected chi connectivity index (χ0v) is 38.1. The molecule has 0 radical (unpaired) electrons. The summed E-state index contributed by atoms with van der Waals surface area (Å²) in [5.74, 6) is 4.20. The molecule has 2 aliphatic heterocycles. The molecule has 12 nitrogen and oxygen atoms in total. The molecule has 1 saturated heterocycles. The Morgan fingerprint density at radius 3 is 2.52 bits per heavy atom. The number of carbonyl (C=O) groups is 6. The lowest BCUT2D eigenvalue weighted by Crippen LogP contribution is -2.41. The fourth-order valence-electron chi connectivity index (χ4n) is 9.23. The molecule has 3 unspecified atom stereocenters. The maximum Gasteiger partial charge on any atom is 0.310 e. The number of esters is 1. The second kappa shape index (κ2) is 23.0. The minimum absolute atomic E-state index is 0.0276. The Morgan fingerprint density at radius 1 is 1.05 bits per heavy atom. The van der Waals surface area contributed by atoms with Crippen molar-refractivity contribution < 1.29 is 48.5 Å². The Kier molecular flexibility index (Phi) is 18.1. The normalized spacial score (nSPS) is 25.4. The lowest BCUT2D eigenvalue weighted by molar-refractivity contribution is -0.161. The zero-order chi connectivity index (χ0) is 45.0. The van der Waals surface area contributed by atoms with Gasteiger partial charge in [0.25, 0.3) is 0 Å². The quantitative estimate of drug-likeness (QED) is 0.0354. The van der Waals surface area contributed by atoms with Crippen molar-refractivity contribution in [2.45, 2.75) is 160 Å². The van der Waals surface area contributed by atoms with Crippen LogP contribution in [0.4, 0.5) is 0 Å². The predicted molar refractivity (Wildman–Crippen MR) is 238 cm³/mol. The number of hydrogen-bond donors (Lipinski definition) is 3. The van der Waals surface area contributed by atoms with E-state index in [-0.39, 0.29) is 79.1 Å². The number of carboxylic acids is 1. The van der Waals surface area contributed by atoms with Crippen LogP contribution in [0.15, 0.2) is 30.4 Å². The number of unbranched alkanes of at least 4 members (excludes halogenated alkanes) is 3. The van der Waals surface area contributed by atoms with E-state index in [2.05, 4.69) is 17.2 Å². The number of thioether (sulfide) groups is 1. The number of aliphatic carboxylic acids is 1. The largest absolute Gasteiger partial charge is 0.489 e. The Balaban J connectivity index is 1.11. The SMILES string of the molecule is CC#CC[C@H](C)[C@H](O)/C=C/[C@@H]1[C@H]2c3cccc(CCCC(=O)O)c3O[C@H]2C[C@H]1OC(=O)C1CCCCC1C(=O)NCCCCCCSC1CC(=O)N(CCC(=O)C(C)(C)C)C1=O. The lowest BCUT2D eigenvalue weighted by Gasteiger charge is -2.31. The average molecular weight is 877 g/mol. The maximum atomic E-state index is 14.1. The number of amides is 3. The van der Waals surface area contributed by atoms with Crippen LogP contribution in [0.3, 0.4) is 0 Å². The van der Waals surface area contributed by atoms with Gasteiger partial charge in [-0.05, 0) is 62.7 Å². The molecule has 1 aromatic carbocycles. The summed E-state index contributed by atoms with van der Waals surface area (Å²) in [6.07, 6.45) is 11.1. The summed E-state index contributed by atoms with van der Waals surface area (Å²) in [5.41, 5.74) is 1.45. The molecule has 4 aliphatic rings. The van der Waals surface area contributed by atoms with Gasteiger partial charge < -0.3 is 25.0 Å². The molecule has 1 aromatic rings. The van der Waals surface area contributed by atoms with Crippen LogP contribution >= 0.6 is 11.8 Å². The van der Waals surface area contributed by atoms with E-state index in [1.165, 1.54) is 16.7 Å². The van der Waals surface area contributed by atoms with E-state index in [1.807, 2.05) is 52.0 Å². The lowest BCUT2D eigenvalue weighted by atomic mass is 9.78. The first-order valence-corrected chi connectivity index (χ1v) is 23.9. The van der Waals surface area contributed by atoms with Crippen molar-refractivity contribution in [3.05, 3.63) is 41.5 Å². The number of ketones is 1. The van der Waals surface area contributed by atoms with E-state index >= 15 is 0 Å². The fraction of sp³-hybridized carbons (Fsp3) is 0.673. The van der Waals surface area contributed by atoms with Crippen molar-refractivity contribution in [3.63, 3.8) is 0 Å². The van der Waals surface area contributed by atoms with Gasteiger partial charge in [0.1, 0.15) is 23.7 Å². The number of likely N-dealkylation sites (tertiary alicyclic amines) is 1. The van der Waals surface area contributed by atoms with Crippen LogP contribution in [0, 0.1) is 40.9 Å². The summed E-state index contributed by atoms with van der Waals surface area (Å²) in [6.45, 7) is 9.87. The Bertz CT molecular complexity index is 1860. The van der Waals surface area contributed by atoms with Gasteiger partial charge in [-0.3, -0.25) is 33.7 Å². The number of nitrogens with zero attached hydrogens (tertiary/aromatic N) is 1. The molecule has 3 amide bonds. The maximum absolute atomic E-state index is 14.1. The number of rotatable bonds is 22. The van der Waals surface area contributed by atoms with Gasteiger partial charge in [-0.25, -0.2) is 0 Å². The topological polar surface area (TPSA) is 177 Å². The van der Waals surface area contributed by atoms with E-state index in [1.54, 1.807) is 13.0 Å². The van der Waals surface area contributed by atoms with Crippen LogP contribution in [0.25, 0.3) is 0 Å². The molecular formula is C49H68N2O10S. The number of ether oxygens (including phenoxy) is 2. The molecule has 2 aliphatic carbocycles. The number of fused-ring (bicyclic) bond motifs is 3. The second-order valence-electron chi connectivity index (χ2n) is 18.6. The number of Topliss-reactive ketones (excluding diaryl/α,β-unsaturated/α-hetero) is 1. The number of aliphatic hydroxyl groups is 1. The third-order valence-corrected chi connectivity index (χ3v) is 14.3. The molecule has 340 valence electrons. The minimum Gasteiger partial charge on any atom is -0.489 e. The molecule has 2 saturated carbocycles. The number of carbonyl (C=O) groups excluding carboxylic acids is 5. The number of benzene rings is 1. The minimum atomic E-state index is -0.837. The van der Waals surface area contributed by atoms with Crippen molar-refractivity contribution >= 4 is 47.2 Å². The van der Waals surface area contributed by atoms with Crippen LogP contribution in [-0.2, 0) is 39.9 Å². The zero-order valence-electron chi connectivity index (χ0n) is 37.3. The van der Waals surface area contributed by atoms with Crippen LogP contribution < -0.4 is 10.1 Å². The molecule has 62 heavy (non-hydrogen) atoms. The van der Waals surface area contributed by atoms with Crippen molar-refractivity contribution in [3.8, 4) is 17.6 Å². The van der Waals surface area contributed by atoms with Crippen LogP contribution in [0.1, 0.15) is 142 Å². The van der Waals surface area contributed by atoms with Crippen molar-refractivity contribution in [1.82, 2.24) is 10.2 Å². The summed E-state index contributed by atoms with van der Waals surface area (Å²) in [5, 5.41) is 22.9. The molecule has 13 heteroatoms. The molecule has 2 heterocycles. The first-order valence-electron chi connectivity index (χ1n) is 22.8. The van der Waals surface area contributed by atoms with Gasteiger partial charge in [-0.1, -0.05) is 83.7 Å². The van der Waals surface area contributed by atoms with Gasteiger partial charge in [-0.15, -0.1) is 23.6 Å². The summed E-state index contributed by atoms with van der Waals surface area (Å²) in [4.78, 5) is 77.7. The number of aliphatic hydroxyl groups excluding tert-OH is 1. The molecule has 5 rings (SSSR count). The highest BCUT2D eigenvalue weighted by Gasteiger charge is 2.52. The Hall–Kier alpha value is -4.15. The molecule has 0 spiro atoms. The van der Waals surface area contributed by atoms with Gasteiger partial charge in [0.05, 0.1) is 23.2 Å².